The lowest BCUT2D eigenvalue weighted by atomic mass is 10.1. The van der Waals surface area contributed by atoms with E-state index in [0.29, 0.717) is 22.9 Å². The Hall–Kier alpha value is -2.32. The lowest BCUT2D eigenvalue weighted by molar-refractivity contribution is 0.151. The maximum absolute atomic E-state index is 12.7. The van der Waals surface area contributed by atoms with E-state index in [1.807, 2.05) is 6.92 Å². The predicted octanol–water partition coefficient (Wildman–Crippen LogP) is 2.57. The van der Waals surface area contributed by atoms with Gasteiger partial charge in [-0.2, -0.15) is 5.10 Å². The largest absolute Gasteiger partial charge is 0.390 e. The lowest BCUT2D eigenvalue weighted by Crippen LogP contribution is -2.29. The van der Waals surface area contributed by atoms with Gasteiger partial charge in [-0.1, -0.05) is 24.3 Å². The molecule has 1 aliphatic rings. The highest BCUT2D eigenvalue weighted by molar-refractivity contribution is 5.84. The molecule has 2 heterocycles. The molecule has 0 amide bonds. The Balaban J connectivity index is 2.03. The monoisotopic (exact) mass is 336 g/mol. The molecule has 0 fully saturated rings. The maximum atomic E-state index is 12.7. The van der Waals surface area contributed by atoms with Crippen molar-refractivity contribution in [2.24, 2.45) is 4.99 Å². The fraction of sp³-hybridized carbons (Fsp3) is 0.375. The summed E-state index contributed by atoms with van der Waals surface area (Å²) in [6.07, 6.45) is -3.51. The summed E-state index contributed by atoms with van der Waals surface area (Å²) in [5, 5.41) is 26.8. The zero-order chi connectivity index (χ0) is 17.4. The zero-order valence-corrected chi connectivity index (χ0v) is 13.2. The van der Waals surface area contributed by atoms with Gasteiger partial charge in [-0.15, -0.1) is 0 Å². The zero-order valence-electron chi connectivity index (χ0n) is 13.2. The second kappa shape index (κ2) is 6.29. The molecule has 0 saturated heterocycles. The number of aliphatic hydroxyl groups excluding tert-OH is 2. The minimum absolute atomic E-state index is 0.0435. The Labute approximate surface area is 137 Å². The molecule has 2 unspecified atom stereocenters. The van der Waals surface area contributed by atoms with Gasteiger partial charge in [0.2, 0.25) is 0 Å². The molecule has 0 saturated carbocycles. The summed E-state index contributed by atoms with van der Waals surface area (Å²) in [6.45, 7) is 3.23. The summed E-state index contributed by atoms with van der Waals surface area (Å²) in [6, 6.07) is 5.70. The molecule has 0 aliphatic carbocycles. The van der Waals surface area contributed by atoms with Gasteiger partial charge in [-0.3, -0.25) is 0 Å². The van der Waals surface area contributed by atoms with Crippen molar-refractivity contribution < 1.29 is 19.0 Å². The fourth-order valence-electron chi connectivity index (χ4n) is 2.78. The number of nitrogens with one attached hydrogen (secondary N) is 1. The summed E-state index contributed by atoms with van der Waals surface area (Å²) in [4.78, 5) is 4.37. The van der Waals surface area contributed by atoms with Crippen LogP contribution in [-0.2, 0) is 6.61 Å². The van der Waals surface area contributed by atoms with Crippen molar-refractivity contribution in [1.29, 1.82) is 0 Å². The Morgan fingerprint density at radius 1 is 1.25 bits per heavy atom. The smallest absolute Gasteiger partial charge is 0.263 e. The number of hydrogen-bond acceptors (Lipinski definition) is 5. The van der Waals surface area contributed by atoms with E-state index in [-0.39, 0.29) is 18.2 Å². The molecule has 3 rings (SSSR count). The first-order chi connectivity index (χ1) is 11.4. The van der Waals surface area contributed by atoms with Crippen LogP contribution < -0.4 is 5.32 Å². The van der Waals surface area contributed by atoms with Crippen LogP contribution in [0.3, 0.4) is 0 Å². The summed E-state index contributed by atoms with van der Waals surface area (Å²) >= 11 is 0. The number of aromatic nitrogens is 2. The molecule has 1 aliphatic heterocycles. The molecular formula is C16H18F2N4O2. The first-order valence-electron chi connectivity index (χ1n) is 7.52. The Bertz CT molecular complexity index is 771. The van der Waals surface area contributed by atoms with Crippen molar-refractivity contribution in [1.82, 2.24) is 15.1 Å². The van der Waals surface area contributed by atoms with Crippen LogP contribution in [0.1, 0.15) is 54.9 Å². The summed E-state index contributed by atoms with van der Waals surface area (Å²) < 4.78 is 27.0. The molecule has 2 aromatic rings. The molecule has 6 nitrogen and oxygen atoms in total. The average Bonchev–Trinajstić information content (AvgIpc) is 2.93. The number of rotatable bonds is 4. The van der Waals surface area contributed by atoms with Crippen molar-refractivity contribution in [2.75, 3.05) is 0 Å². The molecule has 0 bridgehead atoms. The highest BCUT2D eigenvalue weighted by Gasteiger charge is 2.29. The minimum atomic E-state index is -2.51. The van der Waals surface area contributed by atoms with Gasteiger partial charge in [-0.25, -0.2) is 18.5 Å². The first-order valence-corrected chi connectivity index (χ1v) is 7.52. The highest BCUT2D eigenvalue weighted by Crippen LogP contribution is 2.35. The van der Waals surface area contributed by atoms with E-state index >= 15 is 0 Å². The molecular weight excluding hydrogens is 318 g/mol. The standard InChI is InChI=1S/C16H18F2N4O2/c1-8(10-3-5-11(6-4-10)14(17)18)22-15-13(12(7-23)21-22)16(24)20-9(2)19-15/h3-6,8,14,16,23-24H,7H2,1-2H3,(H,19,20). The molecule has 2 atom stereocenters. The normalized spacial score (nSPS) is 18.1. The molecule has 8 heteroatoms. The van der Waals surface area contributed by atoms with Crippen LogP contribution in [0, 0.1) is 0 Å². The van der Waals surface area contributed by atoms with E-state index in [1.165, 1.54) is 12.1 Å². The van der Waals surface area contributed by atoms with Crippen molar-refractivity contribution in [2.45, 2.75) is 39.1 Å². The second-order valence-electron chi connectivity index (χ2n) is 5.67. The molecule has 24 heavy (non-hydrogen) atoms. The third kappa shape index (κ3) is 2.78. The quantitative estimate of drug-likeness (QED) is 0.801. The van der Waals surface area contributed by atoms with Gasteiger partial charge in [0.25, 0.3) is 6.43 Å². The van der Waals surface area contributed by atoms with Crippen LogP contribution in [0.15, 0.2) is 29.3 Å². The van der Waals surface area contributed by atoms with E-state index in [2.05, 4.69) is 15.4 Å². The van der Waals surface area contributed by atoms with E-state index in [1.54, 1.807) is 23.7 Å². The number of nitrogens with zero attached hydrogens (tertiary/aromatic N) is 3. The number of aliphatic hydroxyl groups is 2. The first kappa shape index (κ1) is 16.5. The third-order valence-corrected chi connectivity index (χ3v) is 4.08. The molecule has 128 valence electrons. The van der Waals surface area contributed by atoms with E-state index in [9.17, 15) is 19.0 Å². The SMILES string of the molecule is CC1=Nc2c(c(CO)nn2C(C)c2ccc(C(F)F)cc2)C(O)N1. The van der Waals surface area contributed by atoms with Gasteiger partial charge in [-0.05, 0) is 19.4 Å². The third-order valence-electron chi connectivity index (χ3n) is 4.08. The number of fused-ring (bicyclic) bond motifs is 1. The minimum Gasteiger partial charge on any atom is -0.390 e. The summed E-state index contributed by atoms with van der Waals surface area (Å²) in [7, 11) is 0. The van der Waals surface area contributed by atoms with Gasteiger partial charge in [0, 0.05) is 5.56 Å². The van der Waals surface area contributed by atoms with Gasteiger partial charge >= 0.3 is 0 Å². The maximum Gasteiger partial charge on any atom is 0.263 e. The molecule has 1 aromatic heterocycles. The van der Waals surface area contributed by atoms with Crippen molar-refractivity contribution in [3.8, 4) is 0 Å². The van der Waals surface area contributed by atoms with Crippen LogP contribution in [0.2, 0.25) is 0 Å². The molecule has 0 spiro atoms. The highest BCUT2D eigenvalue weighted by atomic mass is 19.3. The summed E-state index contributed by atoms with van der Waals surface area (Å²) in [5.74, 6) is 0.981. The Morgan fingerprint density at radius 3 is 2.46 bits per heavy atom. The van der Waals surface area contributed by atoms with E-state index in [0.717, 1.165) is 5.56 Å². The second-order valence-corrected chi connectivity index (χ2v) is 5.67. The van der Waals surface area contributed by atoms with Gasteiger partial charge < -0.3 is 15.5 Å². The van der Waals surface area contributed by atoms with Crippen molar-refractivity contribution in [3.05, 3.63) is 46.6 Å². The van der Waals surface area contributed by atoms with Crippen LogP contribution in [0.4, 0.5) is 14.6 Å². The number of hydrogen-bond donors (Lipinski definition) is 3. The number of aliphatic imine (C=N–C) groups is 1. The van der Waals surface area contributed by atoms with Crippen LogP contribution >= 0.6 is 0 Å². The number of amidine groups is 1. The van der Waals surface area contributed by atoms with E-state index in [4.69, 9.17) is 0 Å². The number of benzene rings is 1. The number of alkyl halides is 2. The topological polar surface area (TPSA) is 82.7 Å². The fourth-order valence-corrected chi connectivity index (χ4v) is 2.78. The molecule has 1 aromatic carbocycles. The van der Waals surface area contributed by atoms with Gasteiger partial charge in [0.1, 0.15) is 5.84 Å². The van der Waals surface area contributed by atoms with Gasteiger partial charge in [0.05, 0.1) is 23.9 Å². The van der Waals surface area contributed by atoms with Crippen molar-refractivity contribution in [3.63, 3.8) is 0 Å². The van der Waals surface area contributed by atoms with Crippen LogP contribution in [0.25, 0.3) is 0 Å². The van der Waals surface area contributed by atoms with Gasteiger partial charge in [0.15, 0.2) is 12.0 Å². The Morgan fingerprint density at radius 2 is 1.88 bits per heavy atom. The van der Waals surface area contributed by atoms with Crippen LogP contribution in [0.5, 0.6) is 0 Å². The molecule has 3 N–H and O–H groups in total. The molecule has 0 radical (unpaired) electrons. The van der Waals surface area contributed by atoms with Crippen molar-refractivity contribution >= 4 is 11.7 Å². The number of halogens is 2. The average molecular weight is 336 g/mol. The Kier molecular flexibility index (Phi) is 4.33. The van der Waals surface area contributed by atoms with Crippen LogP contribution in [-0.4, -0.2) is 25.8 Å². The summed E-state index contributed by atoms with van der Waals surface area (Å²) in [5.41, 5.74) is 1.49. The predicted molar refractivity (Wildman–Crippen MR) is 84.2 cm³/mol. The lowest BCUT2D eigenvalue weighted by Gasteiger charge is -2.21. The van der Waals surface area contributed by atoms with E-state index < -0.39 is 12.7 Å².